The molecule has 1 fully saturated rings. The molecular weight excluding hydrogens is 302 g/mol. The molecule has 3 aromatic rings. The number of pyridine rings is 1. The van der Waals surface area contributed by atoms with Gasteiger partial charge in [0.2, 0.25) is 0 Å². The van der Waals surface area contributed by atoms with Crippen LogP contribution in [0.25, 0.3) is 11.3 Å². The van der Waals surface area contributed by atoms with Gasteiger partial charge in [-0.25, -0.2) is 0 Å². The van der Waals surface area contributed by atoms with Gasteiger partial charge in [0.25, 0.3) is 0 Å². The molecule has 1 saturated heterocycles. The standard InChI is InChI=1S/C18H21N5O/c1-13-10-17(24-22-13)16-11-20-21-18(16)14-5-8-23(9-6-14)12-15-4-2-3-7-19-15/h2-4,7,10-11,14H,5-6,8-9,12H2,1H3,(H,20,21). The Morgan fingerprint density at radius 3 is 2.88 bits per heavy atom. The summed E-state index contributed by atoms with van der Waals surface area (Å²) < 4.78 is 5.41. The van der Waals surface area contributed by atoms with Crippen molar-refractivity contribution in [2.24, 2.45) is 0 Å². The average Bonchev–Trinajstić information content (AvgIpc) is 3.25. The largest absolute Gasteiger partial charge is 0.356 e. The number of hydrogen-bond donors (Lipinski definition) is 1. The Hall–Kier alpha value is -2.47. The number of aromatic amines is 1. The van der Waals surface area contributed by atoms with Crippen LogP contribution in [0.2, 0.25) is 0 Å². The minimum atomic E-state index is 0.480. The van der Waals surface area contributed by atoms with Crippen LogP contribution in [0.5, 0.6) is 0 Å². The predicted octanol–water partition coefficient (Wildman–Crippen LogP) is 3.15. The van der Waals surface area contributed by atoms with Crippen molar-refractivity contribution in [1.82, 2.24) is 25.2 Å². The van der Waals surface area contributed by atoms with Gasteiger partial charge in [-0.05, 0) is 45.0 Å². The fourth-order valence-electron chi connectivity index (χ4n) is 3.39. The maximum absolute atomic E-state index is 5.41. The first-order chi connectivity index (χ1) is 11.8. The van der Waals surface area contributed by atoms with Crippen molar-refractivity contribution in [3.05, 3.63) is 53.7 Å². The molecule has 0 spiro atoms. The lowest BCUT2D eigenvalue weighted by Crippen LogP contribution is -2.32. The topological polar surface area (TPSA) is 70.8 Å². The fraction of sp³-hybridized carbons (Fsp3) is 0.389. The van der Waals surface area contributed by atoms with E-state index < -0.39 is 0 Å². The Labute approximate surface area is 140 Å². The summed E-state index contributed by atoms with van der Waals surface area (Å²) in [5.41, 5.74) is 4.24. The highest BCUT2D eigenvalue weighted by molar-refractivity contribution is 5.60. The van der Waals surface area contributed by atoms with Crippen molar-refractivity contribution in [2.75, 3.05) is 13.1 Å². The van der Waals surface area contributed by atoms with E-state index in [9.17, 15) is 0 Å². The summed E-state index contributed by atoms with van der Waals surface area (Å²) in [5, 5.41) is 11.4. The van der Waals surface area contributed by atoms with Crippen LogP contribution in [-0.4, -0.2) is 38.3 Å². The molecule has 4 heterocycles. The van der Waals surface area contributed by atoms with E-state index in [4.69, 9.17) is 4.52 Å². The lowest BCUT2D eigenvalue weighted by Gasteiger charge is -2.31. The SMILES string of the molecule is Cc1cc(-c2cn[nH]c2C2CCN(Cc3ccccn3)CC2)on1. The molecule has 0 aromatic carbocycles. The van der Waals surface area contributed by atoms with Crippen molar-refractivity contribution in [1.29, 1.82) is 0 Å². The van der Waals surface area contributed by atoms with Gasteiger partial charge in [0, 0.05) is 30.4 Å². The molecule has 0 radical (unpaired) electrons. The molecule has 0 aliphatic carbocycles. The average molecular weight is 323 g/mol. The van der Waals surface area contributed by atoms with E-state index in [0.29, 0.717) is 5.92 Å². The summed E-state index contributed by atoms with van der Waals surface area (Å²) in [4.78, 5) is 6.89. The Morgan fingerprint density at radius 2 is 2.17 bits per heavy atom. The molecule has 0 saturated carbocycles. The number of nitrogens with one attached hydrogen (secondary N) is 1. The molecule has 1 aliphatic heterocycles. The summed E-state index contributed by atoms with van der Waals surface area (Å²) >= 11 is 0. The summed E-state index contributed by atoms with van der Waals surface area (Å²) in [6, 6.07) is 8.06. The summed E-state index contributed by atoms with van der Waals surface area (Å²) in [6.45, 7) is 4.98. The van der Waals surface area contributed by atoms with Gasteiger partial charge in [0.15, 0.2) is 5.76 Å². The van der Waals surface area contributed by atoms with Crippen LogP contribution in [-0.2, 0) is 6.54 Å². The molecule has 6 heteroatoms. The third kappa shape index (κ3) is 3.10. The Morgan fingerprint density at radius 1 is 1.29 bits per heavy atom. The number of hydrogen-bond acceptors (Lipinski definition) is 5. The summed E-state index contributed by atoms with van der Waals surface area (Å²) in [5.74, 6) is 1.28. The number of piperidine rings is 1. The quantitative estimate of drug-likeness (QED) is 0.798. The maximum atomic E-state index is 5.41. The monoisotopic (exact) mass is 323 g/mol. The van der Waals surface area contributed by atoms with Crippen molar-refractivity contribution in [3.63, 3.8) is 0 Å². The first-order valence-electron chi connectivity index (χ1n) is 8.39. The van der Waals surface area contributed by atoms with E-state index >= 15 is 0 Å². The van der Waals surface area contributed by atoms with Gasteiger partial charge in [-0.1, -0.05) is 11.2 Å². The van der Waals surface area contributed by atoms with Gasteiger partial charge in [-0.15, -0.1) is 0 Å². The first kappa shape index (κ1) is 15.1. The maximum Gasteiger partial charge on any atom is 0.170 e. The molecule has 3 aromatic heterocycles. The highest BCUT2D eigenvalue weighted by atomic mass is 16.5. The Bertz CT molecular complexity index is 787. The van der Waals surface area contributed by atoms with Crippen molar-refractivity contribution in [3.8, 4) is 11.3 Å². The van der Waals surface area contributed by atoms with E-state index in [0.717, 1.165) is 55.2 Å². The molecule has 24 heavy (non-hydrogen) atoms. The van der Waals surface area contributed by atoms with Crippen LogP contribution in [0.15, 0.2) is 41.2 Å². The van der Waals surface area contributed by atoms with Crippen molar-refractivity contribution >= 4 is 0 Å². The minimum Gasteiger partial charge on any atom is -0.356 e. The van der Waals surface area contributed by atoms with Crippen LogP contribution in [0.3, 0.4) is 0 Å². The van der Waals surface area contributed by atoms with Gasteiger partial charge in [0.05, 0.1) is 23.1 Å². The van der Waals surface area contributed by atoms with Gasteiger partial charge >= 0.3 is 0 Å². The Balaban J connectivity index is 1.42. The van der Waals surface area contributed by atoms with Gasteiger partial charge in [-0.3, -0.25) is 15.0 Å². The minimum absolute atomic E-state index is 0.480. The predicted molar refractivity (Wildman–Crippen MR) is 90.3 cm³/mol. The zero-order valence-corrected chi connectivity index (χ0v) is 13.8. The smallest absolute Gasteiger partial charge is 0.170 e. The van der Waals surface area contributed by atoms with E-state index in [1.807, 2.05) is 37.5 Å². The van der Waals surface area contributed by atoms with Crippen molar-refractivity contribution < 1.29 is 4.52 Å². The number of likely N-dealkylation sites (tertiary alicyclic amines) is 1. The fourth-order valence-corrected chi connectivity index (χ4v) is 3.39. The molecule has 4 rings (SSSR count). The van der Waals surface area contributed by atoms with Crippen molar-refractivity contribution in [2.45, 2.75) is 32.2 Å². The number of aryl methyl sites for hydroxylation is 1. The zero-order valence-electron chi connectivity index (χ0n) is 13.8. The number of aromatic nitrogens is 4. The molecule has 124 valence electrons. The normalized spacial score (nSPS) is 16.5. The van der Waals surface area contributed by atoms with Gasteiger partial charge < -0.3 is 4.52 Å². The molecular formula is C18H21N5O. The van der Waals surface area contributed by atoms with Crippen LogP contribution in [0.1, 0.15) is 35.8 Å². The van der Waals surface area contributed by atoms with Gasteiger partial charge in [0.1, 0.15) is 0 Å². The number of nitrogens with zero attached hydrogens (tertiary/aromatic N) is 4. The van der Waals surface area contributed by atoms with E-state index in [1.54, 1.807) is 0 Å². The first-order valence-corrected chi connectivity index (χ1v) is 8.39. The molecule has 1 aliphatic rings. The molecule has 1 N–H and O–H groups in total. The highest BCUT2D eigenvalue weighted by Gasteiger charge is 2.25. The summed E-state index contributed by atoms with van der Waals surface area (Å²) in [7, 11) is 0. The highest BCUT2D eigenvalue weighted by Crippen LogP contribution is 2.34. The van der Waals surface area contributed by atoms with Crippen LogP contribution < -0.4 is 0 Å². The number of H-pyrrole nitrogens is 1. The summed E-state index contributed by atoms with van der Waals surface area (Å²) in [6.07, 6.45) is 5.91. The van der Waals surface area contributed by atoms with E-state index in [-0.39, 0.29) is 0 Å². The molecule has 0 atom stereocenters. The van der Waals surface area contributed by atoms with Crippen LogP contribution in [0, 0.1) is 6.92 Å². The second-order valence-electron chi connectivity index (χ2n) is 6.40. The Kier molecular flexibility index (Phi) is 4.13. The van der Waals surface area contributed by atoms with Gasteiger partial charge in [-0.2, -0.15) is 5.10 Å². The third-order valence-electron chi connectivity index (χ3n) is 4.67. The van der Waals surface area contributed by atoms with E-state index in [2.05, 4.69) is 31.3 Å². The third-order valence-corrected chi connectivity index (χ3v) is 4.67. The van der Waals surface area contributed by atoms with E-state index in [1.165, 1.54) is 5.69 Å². The molecule has 0 unspecified atom stereocenters. The van der Waals surface area contributed by atoms with Crippen LogP contribution in [0.4, 0.5) is 0 Å². The molecule has 6 nitrogen and oxygen atoms in total. The second-order valence-corrected chi connectivity index (χ2v) is 6.40. The zero-order chi connectivity index (χ0) is 16.4. The lowest BCUT2D eigenvalue weighted by atomic mass is 9.90. The molecule has 0 amide bonds. The molecule has 0 bridgehead atoms. The number of rotatable bonds is 4. The van der Waals surface area contributed by atoms with Crippen LogP contribution >= 0.6 is 0 Å². The lowest BCUT2D eigenvalue weighted by molar-refractivity contribution is 0.201. The second kappa shape index (κ2) is 6.57.